The summed E-state index contributed by atoms with van der Waals surface area (Å²) in [5.41, 5.74) is 4.44. The lowest BCUT2D eigenvalue weighted by Gasteiger charge is -2.41. The molecule has 0 amide bonds. The number of para-hydroxylation sites is 1. The van der Waals surface area contributed by atoms with Gasteiger partial charge in [0.2, 0.25) is 0 Å². The van der Waals surface area contributed by atoms with Crippen molar-refractivity contribution in [2.24, 2.45) is 0 Å². The van der Waals surface area contributed by atoms with E-state index in [2.05, 4.69) is 14.8 Å². The SMILES string of the molecule is O[C@@H](COc1ccnc2ccccc12)CN1CCN([C@@H]2c3ccccc3[C@@H]3[C@H](c4ccccc42)C3(F)F)CC1. The average Bonchev–Trinajstić information content (AvgIpc) is 3.58. The van der Waals surface area contributed by atoms with E-state index in [9.17, 15) is 13.9 Å². The molecular weight excluding hydrogens is 496 g/mol. The van der Waals surface area contributed by atoms with Gasteiger partial charge in [-0.3, -0.25) is 14.8 Å². The van der Waals surface area contributed by atoms with Gasteiger partial charge in [0.1, 0.15) is 18.5 Å². The average molecular weight is 528 g/mol. The van der Waals surface area contributed by atoms with E-state index in [1.807, 2.05) is 78.9 Å². The minimum absolute atomic E-state index is 0.0450. The predicted octanol–water partition coefficient (Wildman–Crippen LogP) is 5.21. The third-order valence-corrected chi connectivity index (χ3v) is 8.59. The summed E-state index contributed by atoms with van der Waals surface area (Å²) in [6.45, 7) is 3.89. The number of fused-ring (bicyclic) bond motifs is 6. The maximum absolute atomic E-state index is 15.0. The largest absolute Gasteiger partial charge is 0.490 e. The number of ether oxygens (including phenoxy) is 1. The van der Waals surface area contributed by atoms with Crippen LogP contribution in [0.5, 0.6) is 5.75 Å². The van der Waals surface area contributed by atoms with Crippen LogP contribution in [0.3, 0.4) is 0 Å². The van der Waals surface area contributed by atoms with Crippen LogP contribution in [0, 0.1) is 0 Å². The van der Waals surface area contributed by atoms with Crippen molar-refractivity contribution in [1.29, 1.82) is 0 Å². The second-order valence-corrected chi connectivity index (χ2v) is 10.9. The number of rotatable bonds is 6. The second kappa shape index (κ2) is 9.66. The Morgan fingerprint density at radius 3 is 2.08 bits per heavy atom. The molecule has 3 aliphatic rings. The fraction of sp³-hybridized carbons (Fsp3) is 0.344. The van der Waals surface area contributed by atoms with Crippen LogP contribution in [-0.4, -0.2) is 71.2 Å². The first-order valence-corrected chi connectivity index (χ1v) is 13.7. The van der Waals surface area contributed by atoms with E-state index in [0.29, 0.717) is 6.54 Å². The van der Waals surface area contributed by atoms with Gasteiger partial charge in [0.15, 0.2) is 0 Å². The Labute approximate surface area is 226 Å². The van der Waals surface area contributed by atoms with Crippen LogP contribution < -0.4 is 4.74 Å². The Balaban J connectivity index is 1.04. The van der Waals surface area contributed by atoms with Crippen molar-refractivity contribution in [2.75, 3.05) is 39.3 Å². The molecule has 2 heterocycles. The number of hydrogen-bond donors (Lipinski definition) is 1. The zero-order valence-corrected chi connectivity index (χ0v) is 21.6. The maximum Gasteiger partial charge on any atom is 0.263 e. The standard InChI is InChI=1S/C32H31F2N3O2/c33-32(34)29-22-7-1-3-9-24(22)31(25-10-4-2-8-23(25)30(29)32)37-17-15-36(16-18-37)19-21(38)20-39-28-13-14-35-27-12-6-5-11-26(27)28/h1-14,21,29-31,38H,15-20H2/t21-,29-,30+,31-/m1/s1. The van der Waals surface area contributed by atoms with Gasteiger partial charge in [-0.1, -0.05) is 60.7 Å². The lowest BCUT2D eigenvalue weighted by Crippen LogP contribution is -2.50. The van der Waals surface area contributed by atoms with Crippen molar-refractivity contribution < 1.29 is 18.6 Å². The molecule has 0 spiro atoms. The maximum atomic E-state index is 15.0. The van der Waals surface area contributed by atoms with Crippen molar-refractivity contribution >= 4 is 10.9 Å². The molecular formula is C32H31F2N3O2. The number of nitrogens with zero attached hydrogens (tertiary/aromatic N) is 3. The van der Waals surface area contributed by atoms with Crippen LogP contribution in [0.4, 0.5) is 8.78 Å². The van der Waals surface area contributed by atoms with Gasteiger partial charge in [0.25, 0.3) is 5.92 Å². The van der Waals surface area contributed by atoms with Crippen LogP contribution in [0.25, 0.3) is 10.9 Å². The molecule has 0 radical (unpaired) electrons. The monoisotopic (exact) mass is 527 g/mol. The van der Waals surface area contributed by atoms with E-state index in [1.54, 1.807) is 6.20 Å². The molecule has 7 heteroatoms. The van der Waals surface area contributed by atoms with E-state index >= 15 is 0 Å². The first kappa shape index (κ1) is 24.6. The highest BCUT2D eigenvalue weighted by atomic mass is 19.3. The smallest absolute Gasteiger partial charge is 0.263 e. The van der Waals surface area contributed by atoms with Gasteiger partial charge in [0.05, 0.1) is 23.4 Å². The number of pyridine rings is 1. The summed E-state index contributed by atoms with van der Waals surface area (Å²) >= 11 is 0. The van der Waals surface area contributed by atoms with Gasteiger partial charge in [-0.2, -0.15) is 0 Å². The summed E-state index contributed by atoms with van der Waals surface area (Å²) in [6.07, 6.45) is 1.09. The second-order valence-electron chi connectivity index (χ2n) is 10.9. The fourth-order valence-electron chi connectivity index (χ4n) is 6.68. The third-order valence-electron chi connectivity index (χ3n) is 8.59. The van der Waals surface area contributed by atoms with Crippen LogP contribution in [0.2, 0.25) is 0 Å². The van der Waals surface area contributed by atoms with Gasteiger partial charge >= 0.3 is 0 Å². The molecule has 1 saturated heterocycles. The summed E-state index contributed by atoms with van der Waals surface area (Å²) in [7, 11) is 0. The summed E-state index contributed by atoms with van der Waals surface area (Å²) in [4.78, 5) is 9.04. The van der Waals surface area contributed by atoms with Crippen molar-refractivity contribution in [2.45, 2.75) is 29.9 Å². The van der Waals surface area contributed by atoms with E-state index in [4.69, 9.17) is 4.74 Å². The molecule has 0 bridgehead atoms. The zero-order valence-electron chi connectivity index (χ0n) is 21.6. The number of benzene rings is 3. The summed E-state index contributed by atoms with van der Waals surface area (Å²) in [5.74, 6) is -3.46. The Kier molecular flexibility index (Phi) is 6.10. The number of aromatic nitrogens is 1. The molecule has 0 unspecified atom stereocenters. The van der Waals surface area contributed by atoms with Crippen LogP contribution >= 0.6 is 0 Å². The number of hydrogen-bond acceptors (Lipinski definition) is 5. The lowest BCUT2D eigenvalue weighted by atomic mass is 9.90. The highest BCUT2D eigenvalue weighted by molar-refractivity contribution is 5.84. The Hall–Kier alpha value is -3.39. The first-order chi connectivity index (χ1) is 19.0. The van der Waals surface area contributed by atoms with E-state index in [-0.39, 0.29) is 12.6 Å². The van der Waals surface area contributed by atoms with Crippen molar-refractivity contribution in [1.82, 2.24) is 14.8 Å². The predicted molar refractivity (Wildman–Crippen MR) is 146 cm³/mol. The zero-order chi connectivity index (χ0) is 26.6. The number of halogens is 2. The Bertz CT molecular complexity index is 1440. The molecule has 4 aromatic rings. The van der Waals surface area contributed by atoms with Crippen molar-refractivity contribution in [3.63, 3.8) is 0 Å². The number of piperazine rings is 1. The highest BCUT2D eigenvalue weighted by Crippen LogP contribution is 2.70. The first-order valence-electron chi connectivity index (χ1n) is 13.7. The number of aliphatic hydroxyl groups excluding tert-OH is 1. The molecule has 2 aliphatic carbocycles. The van der Waals surface area contributed by atoms with Gasteiger partial charge < -0.3 is 9.84 Å². The number of β-amino-alcohol motifs (C(OH)–C–C–N with tert-alkyl or cyclic N) is 1. The minimum atomic E-state index is -2.70. The van der Waals surface area contributed by atoms with E-state index in [1.165, 1.54) is 0 Å². The molecule has 39 heavy (non-hydrogen) atoms. The molecule has 3 aromatic carbocycles. The van der Waals surface area contributed by atoms with Crippen molar-refractivity contribution in [3.8, 4) is 5.75 Å². The molecule has 4 atom stereocenters. The van der Waals surface area contributed by atoms with Crippen LogP contribution in [-0.2, 0) is 0 Å². The molecule has 2 fully saturated rings. The number of alkyl halides is 2. The van der Waals surface area contributed by atoms with E-state index in [0.717, 1.165) is 65.1 Å². The van der Waals surface area contributed by atoms with Gasteiger partial charge in [0, 0.05) is 44.3 Å². The summed E-state index contributed by atoms with van der Waals surface area (Å²) in [5, 5.41) is 11.7. The molecule has 1 saturated carbocycles. The molecule has 5 nitrogen and oxygen atoms in total. The van der Waals surface area contributed by atoms with Gasteiger partial charge in [-0.25, -0.2) is 8.78 Å². The lowest BCUT2D eigenvalue weighted by molar-refractivity contribution is 0.0400. The minimum Gasteiger partial charge on any atom is -0.490 e. The van der Waals surface area contributed by atoms with Gasteiger partial charge in [-0.15, -0.1) is 0 Å². The van der Waals surface area contributed by atoms with Crippen molar-refractivity contribution in [3.05, 3.63) is 107 Å². The van der Waals surface area contributed by atoms with E-state index < -0.39 is 23.9 Å². The molecule has 1 N–H and O–H groups in total. The highest BCUT2D eigenvalue weighted by Gasteiger charge is 2.71. The quantitative estimate of drug-likeness (QED) is 0.373. The summed E-state index contributed by atoms with van der Waals surface area (Å²) < 4.78 is 35.9. The summed E-state index contributed by atoms with van der Waals surface area (Å²) in [6, 6.07) is 25.1. The third kappa shape index (κ3) is 4.29. The fourth-order valence-corrected chi connectivity index (χ4v) is 6.68. The number of aliphatic hydroxyl groups is 1. The normalized spacial score (nSPS) is 24.7. The topological polar surface area (TPSA) is 48.8 Å². The molecule has 1 aliphatic heterocycles. The molecule has 7 rings (SSSR count). The van der Waals surface area contributed by atoms with Crippen LogP contribution in [0.1, 0.15) is 40.1 Å². The Morgan fingerprint density at radius 1 is 0.821 bits per heavy atom. The van der Waals surface area contributed by atoms with Crippen LogP contribution in [0.15, 0.2) is 85.1 Å². The molecule has 200 valence electrons. The molecule has 1 aromatic heterocycles. The Morgan fingerprint density at radius 2 is 1.41 bits per heavy atom. The van der Waals surface area contributed by atoms with Gasteiger partial charge in [-0.05, 0) is 40.5 Å².